The molecule has 0 fully saturated rings. The van der Waals surface area contributed by atoms with Crippen molar-refractivity contribution in [3.63, 3.8) is 0 Å². The smallest absolute Gasteiger partial charge is 0.356 e. The van der Waals surface area contributed by atoms with Crippen LogP contribution in [0.3, 0.4) is 0 Å². The number of hydrogen-bond acceptors (Lipinski definition) is 6. The maximum Gasteiger partial charge on any atom is 0.356 e. The lowest BCUT2D eigenvalue weighted by molar-refractivity contribution is 0.0669. The van der Waals surface area contributed by atoms with E-state index in [9.17, 15) is 9.90 Å². The van der Waals surface area contributed by atoms with E-state index in [-0.39, 0.29) is 18.0 Å². The predicted octanol–water partition coefficient (Wildman–Crippen LogP) is 1.34. The Morgan fingerprint density at radius 1 is 1.52 bits per heavy atom. The fourth-order valence-electron chi connectivity index (χ4n) is 1.90. The van der Waals surface area contributed by atoms with Gasteiger partial charge >= 0.3 is 5.97 Å². The van der Waals surface area contributed by atoms with Gasteiger partial charge in [0.15, 0.2) is 11.9 Å². The van der Waals surface area contributed by atoms with E-state index >= 15 is 0 Å². The highest BCUT2D eigenvalue weighted by molar-refractivity contribution is 6.76. The molecule has 116 valence electrons. The van der Waals surface area contributed by atoms with Gasteiger partial charge in [-0.1, -0.05) is 19.6 Å². The molecule has 0 spiro atoms. The largest absolute Gasteiger partial charge is 0.476 e. The number of carboxylic acids is 1. The standard InChI is InChI=1S/C12H20N4O4Si/c1-21(2,3)5-4-20-7-16-10-8(9(15-16)12(18)19)11(17)14-6-13-10/h6,11,17H,4-5,7H2,1-3H3,(H,13,14)(H,18,19). The zero-order valence-corrected chi connectivity index (χ0v) is 13.3. The number of nitrogens with zero attached hydrogens (tertiary/aromatic N) is 3. The Hall–Kier alpha value is -1.71. The van der Waals surface area contributed by atoms with E-state index in [2.05, 4.69) is 35.0 Å². The van der Waals surface area contributed by atoms with Gasteiger partial charge in [-0.25, -0.2) is 14.5 Å². The van der Waals surface area contributed by atoms with Crippen LogP contribution in [0.2, 0.25) is 25.7 Å². The number of ether oxygens (including phenoxy) is 1. The average Bonchev–Trinajstić information content (AvgIpc) is 2.74. The van der Waals surface area contributed by atoms with E-state index in [1.807, 2.05) is 0 Å². The van der Waals surface area contributed by atoms with E-state index in [1.165, 1.54) is 11.0 Å². The Morgan fingerprint density at radius 2 is 2.24 bits per heavy atom. The van der Waals surface area contributed by atoms with Crippen LogP contribution in [-0.2, 0) is 11.5 Å². The highest BCUT2D eigenvalue weighted by Gasteiger charge is 2.29. The van der Waals surface area contributed by atoms with Crippen molar-refractivity contribution in [3.8, 4) is 0 Å². The highest BCUT2D eigenvalue weighted by Crippen LogP contribution is 2.30. The average molecular weight is 312 g/mol. The third-order valence-corrected chi connectivity index (χ3v) is 4.78. The summed E-state index contributed by atoms with van der Waals surface area (Å²) in [5.41, 5.74) is -0.0468. The van der Waals surface area contributed by atoms with Crippen molar-refractivity contribution < 1.29 is 19.7 Å². The molecule has 0 amide bonds. The molecule has 8 nitrogen and oxygen atoms in total. The molecule has 0 bridgehead atoms. The van der Waals surface area contributed by atoms with E-state index in [0.29, 0.717) is 12.4 Å². The summed E-state index contributed by atoms with van der Waals surface area (Å²) in [5.74, 6) is -0.798. The van der Waals surface area contributed by atoms with Crippen LogP contribution < -0.4 is 5.32 Å². The second-order valence-corrected chi connectivity index (χ2v) is 11.7. The van der Waals surface area contributed by atoms with Gasteiger partial charge in [-0.3, -0.25) is 0 Å². The molecule has 0 radical (unpaired) electrons. The SMILES string of the molecule is C[Si](C)(C)CCOCn1nc(C(=O)O)c2c1NC=NC2O. The predicted molar refractivity (Wildman–Crippen MR) is 80.4 cm³/mol. The highest BCUT2D eigenvalue weighted by atomic mass is 28.3. The number of hydrogen-bond donors (Lipinski definition) is 3. The monoisotopic (exact) mass is 312 g/mol. The van der Waals surface area contributed by atoms with Gasteiger partial charge in [0, 0.05) is 14.7 Å². The zero-order valence-electron chi connectivity index (χ0n) is 12.3. The summed E-state index contributed by atoms with van der Waals surface area (Å²) in [6.07, 6.45) is 0.0990. The topological polar surface area (TPSA) is 109 Å². The normalized spacial score (nSPS) is 17.4. The number of rotatable bonds is 6. The lowest BCUT2D eigenvalue weighted by Gasteiger charge is -2.17. The van der Waals surface area contributed by atoms with Gasteiger partial charge in [-0.2, -0.15) is 5.10 Å². The molecule has 0 saturated heterocycles. The molecular formula is C12H20N4O4Si. The van der Waals surface area contributed by atoms with Gasteiger partial charge in [-0.05, 0) is 6.04 Å². The first-order chi connectivity index (χ1) is 9.79. The number of fused-ring (bicyclic) bond motifs is 1. The Bertz CT molecular complexity index is 564. The summed E-state index contributed by atoms with van der Waals surface area (Å²) in [6.45, 7) is 7.49. The second-order valence-electron chi connectivity index (χ2n) is 6.06. The van der Waals surface area contributed by atoms with Crippen LogP contribution in [0.5, 0.6) is 0 Å². The molecule has 1 unspecified atom stereocenters. The zero-order chi connectivity index (χ0) is 15.6. The Morgan fingerprint density at radius 3 is 2.86 bits per heavy atom. The van der Waals surface area contributed by atoms with E-state index < -0.39 is 20.3 Å². The quantitative estimate of drug-likeness (QED) is 0.540. The Labute approximate surface area is 123 Å². The number of nitrogens with one attached hydrogen (secondary N) is 1. The van der Waals surface area contributed by atoms with Crippen LogP contribution in [-0.4, -0.2) is 47.0 Å². The molecule has 1 aliphatic rings. The molecule has 1 aliphatic heterocycles. The van der Waals surface area contributed by atoms with E-state index in [0.717, 1.165) is 6.04 Å². The van der Waals surface area contributed by atoms with Crippen LogP contribution in [0.1, 0.15) is 22.3 Å². The number of anilines is 1. The van der Waals surface area contributed by atoms with Gasteiger partial charge in [0.25, 0.3) is 0 Å². The molecule has 21 heavy (non-hydrogen) atoms. The van der Waals surface area contributed by atoms with Crippen molar-refractivity contribution in [1.82, 2.24) is 9.78 Å². The molecular weight excluding hydrogens is 292 g/mol. The number of aliphatic imine (C=N–C) groups is 1. The third-order valence-electron chi connectivity index (χ3n) is 3.08. The molecule has 0 aliphatic carbocycles. The van der Waals surface area contributed by atoms with Crippen molar-refractivity contribution in [2.75, 3.05) is 11.9 Å². The minimum atomic E-state index is -1.22. The summed E-state index contributed by atoms with van der Waals surface area (Å²) in [5, 5.41) is 25.7. The minimum absolute atomic E-state index is 0.133. The number of carbonyl (C=O) groups is 1. The maximum atomic E-state index is 11.2. The molecule has 9 heteroatoms. The van der Waals surface area contributed by atoms with Gasteiger partial charge in [0.05, 0.1) is 11.9 Å². The Balaban J connectivity index is 2.11. The fraction of sp³-hybridized carbons (Fsp3) is 0.583. The summed E-state index contributed by atoms with van der Waals surface area (Å²) < 4.78 is 6.97. The van der Waals surface area contributed by atoms with Crippen LogP contribution in [0.4, 0.5) is 5.82 Å². The maximum absolute atomic E-state index is 11.2. The van der Waals surface area contributed by atoms with E-state index in [4.69, 9.17) is 9.84 Å². The molecule has 2 rings (SSSR count). The first-order valence-electron chi connectivity index (χ1n) is 6.67. The molecule has 1 aromatic rings. The summed E-state index contributed by atoms with van der Waals surface area (Å²) in [6, 6.07) is 1.01. The molecule has 0 aromatic carbocycles. The van der Waals surface area contributed by atoms with Crippen LogP contribution in [0.25, 0.3) is 0 Å². The molecule has 2 heterocycles. The molecule has 3 N–H and O–H groups in total. The number of aromatic nitrogens is 2. The van der Waals surface area contributed by atoms with Crippen molar-refractivity contribution in [3.05, 3.63) is 11.3 Å². The van der Waals surface area contributed by atoms with Gasteiger partial charge in [0.1, 0.15) is 12.5 Å². The number of carboxylic acid groups (broad SMARTS) is 1. The fourth-order valence-corrected chi connectivity index (χ4v) is 2.65. The molecule has 1 atom stereocenters. The van der Waals surface area contributed by atoms with Crippen molar-refractivity contribution in [2.24, 2.45) is 4.99 Å². The first kappa shape index (κ1) is 15.7. The van der Waals surface area contributed by atoms with Crippen molar-refractivity contribution in [1.29, 1.82) is 0 Å². The first-order valence-corrected chi connectivity index (χ1v) is 10.4. The molecule has 0 saturated carbocycles. The molecule has 1 aromatic heterocycles. The van der Waals surface area contributed by atoms with Gasteiger partial charge < -0.3 is 20.3 Å². The van der Waals surface area contributed by atoms with Gasteiger partial charge in [-0.15, -0.1) is 0 Å². The lowest BCUT2D eigenvalue weighted by Crippen LogP contribution is -2.22. The second kappa shape index (κ2) is 5.96. The minimum Gasteiger partial charge on any atom is -0.476 e. The van der Waals surface area contributed by atoms with Crippen LogP contribution in [0, 0.1) is 0 Å². The lowest BCUT2D eigenvalue weighted by atomic mass is 10.2. The summed E-state index contributed by atoms with van der Waals surface area (Å²) >= 11 is 0. The summed E-state index contributed by atoms with van der Waals surface area (Å²) in [7, 11) is -1.17. The summed E-state index contributed by atoms with van der Waals surface area (Å²) in [4.78, 5) is 14.9. The number of aliphatic hydroxyl groups is 1. The number of aromatic carboxylic acids is 1. The number of aliphatic hydroxyl groups excluding tert-OH is 1. The van der Waals surface area contributed by atoms with Crippen molar-refractivity contribution >= 4 is 26.2 Å². The Kier molecular flexibility index (Phi) is 4.45. The van der Waals surface area contributed by atoms with Crippen molar-refractivity contribution in [2.45, 2.75) is 38.6 Å². The third kappa shape index (κ3) is 3.68. The van der Waals surface area contributed by atoms with Crippen LogP contribution in [0.15, 0.2) is 4.99 Å². The van der Waals surface area contributed by atoms with Gasteiger partial charge in [0.2, 0.25) is 0 Å². The van der Waals surface area contributed by atoms with E-state index in [1.54, 1.807) is 0 Å². The van der Waals surface area contributed by atoms with Crippen LogP contribution >= 0.6 is 0 Å².